The van der Waals surface area contributed by atoms with Crippen LogP contribution in [-0.2, 0) is 9.47 Å². The van der Waals surface area contributed by atoms with Crippen molar-refractivity contribution in [2.45, 2.75) is 123 Å². The third-order valence-corrected chi connectivity index (χ3v) is 14.4. The minimum Gasteiger partial charge on any atom is -0.458 e. The predicted octanol–water partition coefficient (Wildman–Crippen LogP) is 10.3. The molecule has 0 saturated heterocycles. The van der Waals surface area contributed by atoms with Crippen LogP contribution < -0.4 is 0 Å². The quantitative estimate of drug-likeness (QED) is 0.261. The largest absolute Gasteiger partial charge is 0.458 e. The molecule has 7 rings (SSSR count). The van der Waals surface area contributed by atoms with Gasteiger partial charge in [-0.15, -0.1) is 0 Å². The van der Waals surface area contributed by atoms with Crippen LogP contribution in [-0.4, -0.2) is 23.6 Å². The standard InChI is InChI=1S/C42H56O4/c1-28(15-22-37(29-16-17-29)45-38(43)30-11-7-5-8-12-30)34-20-21-35-33-19-18-32-27-40(2,46-39(44)31-13-9-6-10-14-31)25-26-41(32,3)36(33)23-24-42(34,35)4/h5-14,28-29,32-37H,15-27H2,1-4H3/t28-,32+,33+,34?,35+,36?,37-,40+,41+,42-/m1/s1. The highest BCUT2D eigenvalue weighted by Gasteiger charge is 2.61. The molecule has 0 spiro atoms. The van der Waals surface area contributed by atoms with Gasteiger partial charge in [0, 0.05) is 0 Å². The van der Waals surface area contributed by atoms with E-state index in [0.717, 1.165) is 49.4 Å². The summed E-state index contributed by atoms with van der Waals surface area (Å²) in [5.41, 5.74) is 1.74. The van der Waals surface area contributed by atoms with Crippen molar-refractivity contribution in [3.05, 3.63) is 71.8 Å². The Morgan fingerprint density at radius 1 is 0.717 bits per heavy atom. The van der Waals surface area contributed by atoms with E-state index in [1.54, 1.807) is 0 Å². The Balaban J connectivity index is 0.973. The average molecular weight is 625 g/mol. The molecular weight excluding hydrogens is 568 g/mol. The molecule has 5 aliphatic carbocycles. The summed E-state index contributed by atoms with van der Waals surface area (Å²) in [6.45, 7) is 9.96. The van der Waals surface area contributed by atoms with Crippen molar-refractivity contribution in [3.8, 4) is 0 Å². The average Bonchev–Trinajstić information content (AvgIpc) is 3.84. The minimum atomic E-state index is -0.366. The molecule has 0 radical (unpaired) electrons. The first kappa shape index (κ1) is 32.0. The van der Waals surface area contributed by atoms with Crippen molar-refractivity contribution in [2.24, 2.45) is 52.3 Å². The Kier molecular flexibility index (Phi) is 8.64. The van der Waals surface area contributed by atoms with E-state index >= 15 is 0 Å². The number of carbonyl (C=O) groups excluding carboxylic acids is 2. The Morgan fingerprint density at radius 3 is 2.04 bits per heavy atom. The number of fused-ring (bicyclic) bond motifs is 5. The molecule has 0 aromatic heterocycles. The van der Waals surface area contributed by atoms with Gasteiger partial charge in [-0.3, -0.25) is 0 Å². The molecule has 0 bridgehead atoms. The normalized spacial score (nSPS) is 38.0. The van der Waals surface area contributed by atoms with Gasteiger partial charge in [0.25, 0.3) is 0 Å². The van der Waals surface area contributed by atoms with Crippen LogP contribution in [0.5, 0.6) is 0 Å². The van der Waals surface area contributed by atoms with Gasteiger partial charge in [-0.25, -0.2) is 9.59 Å². The van der Waals surface area contributed by atoms with Gasteiger partial charge in [-0.2, -0.15) is 0 Å². The van der Waals surface area contributed by atoms with Gasteiger partial charge in [0.1, 0.15) is 11.7 Å². The SMILES string of the molecule is C[C@H](CC[C@@H](OC(=O)c1ccccc1)C1CC1)C1CC[C@H]2[C@@H]3CC[C@H]4C[C@@](C)(OC(=O)c5ccccc5)CC[C@]4(C)C3CC[C@]12C. The summed E-state index contributed by atoms with van der Waals surface area (Å²) in [7, 11) is 0. The van der Waals surface area contributed by atoms with E-state index < -0.39 is 0 Å². The number of rotatable bonds is 9. The highest BCUT2D eigenvalue weighted by Crippen LogP contribution is 2.69. The molecule has 5 aliphatic rings. The van der Waals surface area contributed by atoms with Gasteiger partial charge in [-0.1, -0.05) is 57.2 Å². The molecule has 5 saturated carbocycles. The maximum absolute atomic E-state index is 13.0. The Hall–Kier alpha value is -2.62. The van der Waals surface area contributed by atoms with E-state index in [1.807, 2.05) is 60.7 Å². The van der Waals surface area contributed by atoms with Crippen molar-refractivity contribution in [1.82, 2.24) is 0 Å². The van der Waals surface area contributed by atoms with Crippen LogP contribution in [0.25, 0.3) is 0 Å². The maximum Gasteiger partial charge on any atom is 0.338 e. The molecular formula is C42H56O4. The fourth-order valence-corrected chi connectivity index (χ4v) is 11.6. The molecule has 2 aromatic rings. The van der Waals surface area contributed by atoms with Crippen molar-refractivity contribution in [3.63, 3.8) is 0 Å². The lowest BCUT2D eigenvalue weighted by Crippen LogP contribution is -2.56. The summed E-state index contributed by atoms with van der Waals surface area (Å²) in [6, 6.07) is 19.0. The summed E-state index contributed by atoms with van der Waals surface area (Å²) < 4.78 is 12.4. The van der Waals surface area contributed by atoms with Gasteiger partial charge < -0.3 is 9.47 Å². The van der Waals surface area contributed by atoms with E-state index in [2.05, 4.69) is 27.7 Å². The van der Waals surface area contributed by atoms with Gasteiger partial charge in [0.2, 0.25) is 0 Å². The summed E-state index contributed by atoms with van der Waals surface area (Å²) in [6.07, 6.45) is 15.8. The smallest absolute Gasteiger partial charge is 0.338 e. The summed E-state index contributed by atoms with van der Waals surface area (Å²) in [4.78, 5) is 25.9. The minimum absolute atomic E-state index is 0.0649. The number of ether oxygens (including phenoxy) is 2. The van der Waals surface area contributed by atoms with Gasteiger partial charge in [0.05, 0.1) is 11.1 Å². The fourth-order valence-electron chi connectivity index (χ4n) is 11.6. The van der Waals surface area contributed by atoms with E-state index in [4.69, 9.17) is 9.47 Å². The van der Waals surface area contributed by atoms with Crippen LogP contribution in [0.4, 0.5) is 0 Å². The zero-order valence-corrected chi connectivity index (χ0v) is 28.7. The van der Waals surface area contributed by atoms with Crippen molar-refractivity contribution < 1.29 is 19.1 Å². The van der Waals surface area contributed by atoms with Crippen LogP contribution in [0.3, 0.4) is 0 Å². The summed E-state index contributed by atoms with van der Waals surface area (Å²) >= 11 is 0. The summed E-state index contributed by atoms with van der Waals surface area (Å²) in [5.74, 6) is 4.74. The van der Waals surface area contributed by atoms with E-state index in [9.17, 15) is 9.59 Å². The van der Waals surface area contributed by atoms with Crippen molar-refractivity contribution >= 4 is 11.9 Å². The Bertz CT molecular complexity index is 1380. The number of esters is 2. The monoisotopic (exact) mass is 624 g/mol. The van der Waals surface area contributed by atoms with Crippen molar-refractivity contribution in [2.75, 3.05) is 0 Å². The predicted molar refractivity (Wildman–Crippen MR) is 182 cm³/mol. The van der Waals surface area contributed by atoms with Gasteiger partial charge in [-0.05, 0) is 167 Å². The molecule has 10 atom stereocenters. The number of hydrogen-bond acceptors (Lipinski definition) is 4. The van der Waals surface area contributed by atoms with Gasteiger partial charge in [0.15, 0.2) is 0 Å². The number of benzene rings is 2. The molecule has 46 heavy (non-hydrogen) atoms. The first-order valence-electron chi connectivity index (χ1n) is 18.6. The molecule has 0 aliphatic heterocycles. The molecule has 248 valence electrons. The number of carbonyl (C=O) groups is 2. The second-order valence-electron chi connectivity index (χ2n) is 17.0. The lowest BCUT2D eigenvalue weighted by Gasteiger charge is -2.62. The van der Waals surface area contributed by atoms with Crippen LogP contribution in [0.2, 0.25) is 0 Å². The second-order valence-corrected chi connectivity index (χ2v) is 17.0. The van der Waals surface area contributed by atoms with Crippen LogP contribution in [0.1, 0.15) is 132 Å². The van der Waals surface area contributed by atoms with Gasteiger partial charge >= 0.3 is 11.9 Å². The molecule has 2 aromatic carbocycles. The van der Waals surface area contributed by atoms with Crippen LogP contribution >= 0.6 is 0 Å². The molecule has 0 N–H and O–H groups in total. The fraction of sp³-hybridized carbons (Fsp3) is 0.667. The molecule has 2 unspecified atom stereocenters. The molecule has 5 fully saturated rings. The topological polar surface area (TPSA) is 52.6 Å². The molecule has 0 heterocycles. The molecule has 4 nitrogen and oxygen atoms in total. The highest BCUT2D eigenvalue weighted by molar-refractivity contribution is 5.90. The zero-order valence-electron chi connectivity index (χ0n) is 28.7. The maximum atomic E-state index is 13.0. The first-order chi connectivity index (χ1) is 22.1. The zero-order chi connectivity index (χ0) is 32.1. The first-order valence-corrected chi connectivity index (χ1v) is 18.6. The van der Waals surface area contributed by atoms with E-state index in [-0.39, 0.29) is 23.6 Å². The van der Waals surface area contributed by atoms with E-state index in [1.165, 1.54) is 57.8 Å². The lowest BCUT2D eigenvalue weighted by atomic mass is 9.43. The molecule has 0 amide bonds. The van der Waals surface area contributed by atoms with E-state index in [0.29, 0.717) is 39.7 Å². The second kappa shape index (κ2) is 12.4. The number of hydrogen-bond donors (Lipinski definition) is 0. The molecule has 4 heteroatoms. The Labute approximate surface area is 277 Å². The Morgan fingerprint density at radius 2 is 1.37 bits per heavy atom. The third kappa shape index (κ3) is 5.96. The van der Waals surface area contributed by atoms with Crippen LogP contribution in [0, 0.1) is 52.3 Å². The third-order valence-electron chi connectivity index (χ3n) is 14.4. The van der Waals surface area contributed by atoms with Crippen molar-refractivity contribution in [1.29, 1.82) is 0 Å². The summed E-state index contributed by atoms with van der Waals surface area (Å²) in [5, 5.41) is 0. The van der Waals surface area contributed by atoms with Crippen LogP contribution in [0.15, 0.2) is 60.7 Å². The lowest BCUT2D eigenvalue weighted by molar-refractivity contribution is -0.149. The highest BCUT2D eigenvalue weighted by atomic mass is 16.6.